The lowest BCUT2D eigenvalue weighted by Crippen LogP contribution is -2.09. The van der Waals surface area contributed by atoms with Crippen LogP contribution >= 0.6 is 0 Å². The predicted octanol–water partition coefficient (Wildman–Crippen LogP) is 19.2. The molecule has 0 amide bonds. The summed E-state index contributed by atoms with van der Waals surface area (Å²) in [4.78, 5) is 14.8. The van der Waals surface area contributed by atoms with Crippen LogP contribution in [0.15, 0.2) is 291 Å². The van der Waals surface area contributed by atoms with Crippen LogP contribution in [0.1, 0.15) is 5.56 Å². The van der Waals surface area contributed by atoms with Gasteiger partial charge in [0.2, 0.25) is 0 Å². The van der Waals surface area contributed by atoms with Gasteiger partial charge >= 0.3 is 0 Å². The van der Waals surface area contributed by atoms with Gasteiger partial charge in [0.1, 0.15) is 0 Å². The normalized spacial score (nSPS) is 11.2. The summed E-state index contributed by atoms with van der Waals surface area (Å²) in [6.07, 6.45) is 0. The van der Waals surface area contributed by atoms with Crippen molar-refractivity contribution in [3.8, 4) is 61.8 Å². The van der Waals surface area contributed by atoms with Gasteiger partial charge in [-0.2, -0.15) is 0 Å². The topological polar surface area (TPSA) is 37.2 Å². The molecular formula is C71H51N5. The Kier molecular flexibility index (Phi) is 12.1. The smallest absolute Gasteiger partial charge is 0.160 e. The van der Waals surface area contributed by atoms with E-state index >= 15 is 0 Å². The van der Waals surface area contributed by atoms with E-state index in [0.29, 0.717) is 0 Å². The minimum absolute atomic E-state index is 0.718. The summed E-state index contributed by atoms with van der Waals surface area (Å²) in [7, 11) is 0. The van der Waals surface area contributed by atoms with Crippen LogP contribution in [0.25, 0.3) is 83.6 Å². The van der Waals surface area contributed by atoms with E-state index in [2.05, 4.69) is 306 Å². The average Bonchev–Trinajstić information content (AvgIpc) is 3.82. The molecule has 0 fully saturated rings. The van der Waals surface area contributed by atoms with Crippen LogP contribution in [0.5, 0.6) is 0 Å². The molecule has 0 atom stereocenters. The Balaban J connectivity index is 0.843. The second-order valence-electron chi connectivity index (χ2n) is 19.2. The number of aryl methyl sites for hydroxylation is 1. The zero-order chi connectivity index (χ0) is 50.8. The van der Waals surface area contributed by atoms with E-state index in [0.717, 1.165) is 107 Å². The van der Waals surface area contributed by atoms with E-state index < -0.39 is 0 Å². The highest BCUT2D eigenvalue weighted by Crippen LogP contribution is 2.43. The van der Waals surface area contributed by atoms with Gasteiger partial charge in [-0.3, -0.25) is 0 Å². The number of hydrogen-bond acceptors (Lipinski definition) is 4. The Morgan fingerprint density at radius 3 is 1.04 bits per heavy atom. The fourth-order valence-electron chi connectivity index (χ4n) is 10.5. The van der Waals surface area contributed by atoms with Crippen LogP contribution in [-0.4, -0.2) is 14.5 Å². The van der Waals surface area contributed by atoms with Crippen molar-refractivity contribution >= 4 is 55.9 Å². The first-order valence-corrected chi connectivity index (χ1v) is 25.8. The fourth-order valence-corrected chi connectivity index (χ4v) is 10.5. The Morgan fingerprint density at radius 1 is 0.276 bits per heavy atom. The first-order chi connectivity index (χ1) is 37.6. The number of hydrogen-bond donors (Lipinski definition) is 0. The Hall–Kier alpha value is -10.1. The molecule has 2 aromatic heterocycles. The van der Waals surface area contributed by atoms with Crippen molar-refractivity contribution in [1.29, 1.82) is 0 Å². The lowest BCUT2D eigenvalue weighted by Gasteiger charge is -2.26. The molecule has 2 heterocycles. The molecular weight excluding hydrogens is 923 g/mol. The molecule has 11 aromatic carbocycles. The highest BCUT2D eigenvalue weighted by Gasteiger charge is 2.20. The largest absolute Gasteiger partial charge is 0.310 e. The van der Waals surface area contributed by atoms with Crippen LogP contribution in [0.4, 0.5) is 34.1 Å². The molecule has 13 aromatic rings. The van der Waals surface area contributed by atoms with Crippen LogP contribution in [0.2, 0.25) is 0 Å². The second kappa shape index (κ2) is 20.1. The monoisotopic (exact) mass is 973 g/mol. The summed E-state index contributed by atoms with van der Waals surface area (Å²) in [5.41, 5.74) is 20.6. The minimum atomic E-state index is 0.718. The number of rotatable bonds is 12. The SMILES string of the molecule is Cc1cccc(-c2nc(-c3ccccc3)cc(-c3ccc(-c4ccc(-c5ccc(-n6c7ccc(N(c8ccccc8)c8ccccc8)cc7c7cc(N(c8ccccc8)c8ccccc8)ccc76)cc5)cc4)cc3)n2)c1. The summed E-state index contributed by atoms with van der Waals surface area (Å²) < 4.78 is 2.41. The maximum atomic E-state index is 5.09. The summed E-state index contributed by atoms with van der Waals surface area (Å²) in [6, 6.07) is 104. The number of aromatic nitrogens is 3. The maximum absolute atomic E-state index is 5.09. The van der Waals surface area contributed by atoms with Crippen molar-refractivity contribution in [2.75, 3.05) is 9.80 Å². The number of nitrogens with zero attached hydrogens (tertiary/aromatic N) is 5. The molecule has 5 heteroatoms. The fraction of sp³-hybridized carbons (Fsp3) is 0.0141. The van der Waals surface area contributed by atoms with E-state index in [1.807, 2.05) is 6.07 Å². The quantitative estimate of drug-likeness (QED) is 0.122. The third kappa shape index (κ3) is 8.97. The molecule has 0 N–H and O–H groups in total. The molecule has 0 unspecified atom stereocenters. The minimum Gasteiger partial charge on any atom is -0.310 e. The molecule has 0 radical (unpaired) electrons. The lowest BCUT2D eigenvalue weighted by molar-refractivity contribution is 1.18. The highest BCUT2D eigenvalue weighted by molar-refractivity contribution is 6.12. The zero-order valence-corrected chi connectivity index (χ0v) is 41.9. The first-order valence-electron chi connectivity index (χ1n) is 25.8. The van der Waals surface area contributed by atoms with E-state index in [1.54, 1.807) is 0 Å². The third-order valence-corrected chi connectivity index (χ3v) is 14.2. The molecule has 0 bridgehead atoms. The number of fused-ring (bicyclic) bond motifs is 3. The zero-order valence-electron chi connectivity index (χ0n) is 41.9. The molecule has 13 rings (SSSR count). The van der Waals surface area contributed by atoms with Crippen LogP contribution in [0, 0.1) is 6.92 Å². The number of anilines is 6. The van der Waals surface area contributed by atoms with Gasteiger partial charge < -0.3 is 14.4 Å². The average molecular weight is 974 g/mol. The van der Waals surface area contributed by atoms with Crippen molar-refractivity contribution < 1.29 is 0 Å². The van der Waals surface area contributed by atoms with Crippen molar-refractivity contribution in [3.63, 3.8) is 0 Å². The van der Waals surface area contributed by atoms with Gasteiger partial charge in [-0.15, -0.1) is 0 Å². The van der Waals surface area contributed by atoms with Crippen molar-refractivity contribution in [2.24, 2.45) is 0 Å². The van der Waals surface area contributed by atoms with Gasteiger partial charge in [0, 0.05) is 67.3 Å². The van der Waals surface area contributed by atoms with E-state index in [1.165, 1.54) is 16.3 Å². The molecule has 0 aliphatic heterocycles. The molecule has 0 spiro atoms. The highest BCUT2D eigenvalue weighted by atomic mass is 15.1. The molecule has 76 heavy (non-hydrogen) atoms. The molecule has 0 saturated carbocycles. The van der Waals surface area contributed by atoms with Gasteiger partial charge in [-0.1, -0.05) is 188 Å². The summed E-state index contributed by atoms with van der Waals surface area (Å²) in [5.74, 6) is 0.718. The van der Waals surface area contributed by atoms with Gasteiger partial charge in [0.05, 0.1) is 22.4 Å². The van der Waals surface area contributed by atoms with Gasteiger partial charge in [-0.05, 0) is 138 Å². The first kappa shape index (κ1) is 45.7. The molecule has 360 valence electrons. The van der Waals surface area contributed by atoms with Crippen molar-refractivity contribution in [3.05, 3.63) is 297 Å². The summed E-state index contributed by atoms with van der Waals surface area (Å²) in [5, 5.41) is 2.34. The molecule has 0 aliphatic carbocycles. The summed E-state index contributed by atoms with van der Waals surface area (Å²) >= 11 is 0. The van der Waals surface area contributed by atoms with Crippen LogP contribution in [-0.2, 0) is 0 Å². The molecule has 0 saturated heterocycles. The Labute approximate surface area is 443 Å². The van der Waals surface area contributed by atoms with Gasteiger partial charge in [0.15, 0.2) is 5.82 Å². The maximum Gasteiger partial charge on any atom is 0.160 e. The number of para-hydroxylation sites is 4. The van der Waals surface area contributed by atoms with Gasteiger partial charge in [0.25, 0.3) is 0 Å². The van der Waals surface area contributed by atoms with Crippen molar-refractivity contribution in [1.82, 2.24) is 14.5 Å². The van der Waals surface area contributed by atoms with E-state index in [9.17, 15) is 0 Å². The van der Waals surface area contributed by atoms with Gasteiger partial charge in [-0.25, -0.2) is 9.97 Å². The van der Waals surface area contributed by atoms with E-state index in [-0.39, 0.29) is 0 Å². The standard InChI is InChI=1S/C71H51N5/c1-50-18-17-21-57(46-50)71-72-67(55-19-7-2-8-20-55)49-68(73-71)56-36-34-53(35-37-56)51-30-32-52(33-31-51)54-38-40-62(41-39-54)76-69-44-42-63(74(58-22-9-3-10-23-58)59-24-11-4-12-25-59)47-65(69)66-48-64(43-45-70(66)76)75(60-26-13-5-14-27-60)61-28-15-6-16-29-61/h2-49H,1H3. The Bertz CT molecular complexity index is 3900. The molecule has 0 aliphatic rings. The lowest BCUT2D eigenvalue weighted by atomic mass is 9.98. The predicted molar refractivity (Wildman–Crippen MR) is 318 cm³/mol. The van der Waals surface area contributed by atoms with Crippen LogP contribution < -0.4 is 9.80 Å². The summed E-state index contributed by atoms with van der Waals surface area (Å²) in [6.45, 7) is 2.10. The molecule has 5 nitrogen and oxygen atoms in total. The van der Waals surface area contributed by atoms with Crippen molar-refractivity contribution in [2.45, 2.75) is 6.92 Å². The number of benzene rings is 11. The van der Waals surface area contributed by atoms with E-state index in [4.69, 9.17) is 9.97 Å². The third-order valence-electron chi connectivity index (χ3n) is 14.2. The van der Waals surface area contributed by atoms with Crippen LogP contribution in [0.3, 0.4) is 0 Å². The Morgan fingerprint density at radius 2 is 0.632 bits per heavy atom. The second-order valence-corrected chi connectivity index (χ2v) is 19.2.